The maximum atomic E-state index is 12.1. The highest BCUT2D eigenvalue weighted by Gasteiger charge is 2.15. The van der Waals surface area contributed by atoms with Crippen LogP contribution in [0.25, 0.3) is 0 Å². The number of ether oxygens (including phenoxy) is 1. The van der Waals surface area contributed by atoms with Gasteiger partial charge < -0.3 is 26.0 Å². The number of amides is 2. The van der Waals surface area contributed by atoms with Crippen LogP contribution in [0.1, 0.15) is 26.6 Å². The molecule has 8 nitrogen and oxygen atoms in total. The molecule has 1 heterocycles. The molecule has 2 amide bonds. The van der Waals surface area contributed by atoms with Crippen LogP contribution in [0.15, 0.2) is 28.8 Å². The van der Waals surface area contributed by atoms with Gasteiger partial charge in [-0.15, -0.1) is 0 Å². The molecule has 116 valence electrons. The van der Waals surface area contributed by atoms with Crippen molar-refractivity contribution in [3.63, 3.8) is 0 Å². The highest BCUT2D eigenvalue weighted by molar-refractivity contribution is 6.04. The van der Waals surface area contributed by atoms with Crippen molar-refractivity contribution in [2.75, 3.05) is 19.0 Å². The number of carbonyl (C=O) groups excluding carboxylic acids is 2. The molecule has 0 saturated heterocycles. The van der Waals surface area contributed by atoms with E-state index in [1.165, 1.54) is 31.4 Å². The Labute approximate surface area is 126 Å². The summed E-state index contributed by atoms with van der Waals surface area (Å²) in [5.74, 6) is -0.199. The summed E-state index contributed by atoms with van der Waals surface area (Å²) < 4.78 is 10.1. The first-order valence-corrected chi connectivity index (χ1v) is 6.50. The summed E-state index contributed by atoms with van der Waals surface area (Å²) in [5, 5.41) is 6.30. The fourth-order valence-corrected chi connectivity index (χ4v) is 1.81. The van der Waals surface area contributed by atoms with Crippen molar-refractivity contribution < 1.29 is 18.8 Å². The molecule has 0 saturated carbocycles. The number of hydrogen-bond acceptors (Lipinski definition) is 6. The zero-order chi connectivity index (χ0) is 16.1. The van der Waals surface area contributed by atoms with Gasteiger partial charge in [-0.25, -0.2) is 0 Å². The van der Waals surface area contributed by atoms with Crippen molar-refractivity contribution >= 4 is 17.5 Å². The SMILES string of the molecule is COc1cc(C(N)=O)ccc1NC(=O)c1cc(CCN)on1. The van der Waals surface area contributed by atoms with E-state index in [2.05, 4.69) is 10.5 Å². The minimum Gasteiger partial charge on any atom is -0.495 e. The summed E-state index contributed by atoms with van der Waals surface area (Å²) in [4.78, 5) is 23.2. The van der Waals surface area contributed by atoms with Crippen molar-refractivity contribution in [2.45, 2.75) is 6.42 Å². The standard InChI is InChI=1S/C14H16N4O4/c1-21-12-6-8(13(16)19)2-3-10(12)17-14(20)11-7-9(4-5-15)22-18-11/h2-3,6-7H,4-5,15H2,1H3,(H2,16,19)(H,17,20). The summed E-state index contributed by atoms with van der Waals surface area (Å²) in [6, 6.07) is 5.98. The van der Waals surface area contributed by atoms with Gasteiger partial charge >= 0.3 is 0 Å². The first-order valence-electron chi connectivity index (χ1n) is 6.50. The van der Waals surface area contributed by atoms with E-state index in [4.69, 9.17) is 20.7 Å². The zero-order valence-corrected chi connectivity index (χ0v) is 12.0. The molecule has 1 aromatic carbocycles. The highest BCUT2D eigenvalue weighted by Crippen LogP contribution is 2.26. The molecular weight excluding hydrogens is 288 g/mol. The van der Waals surface area contributed by atoms with Crippen LogP contribution in [0.5, 0.6) is 5.75 Å². The zero-order valence-electron chi connectivity index (χ0n) is 12.0. The second kappa shape index (κ2) is 6.72. The van der Waals surface area contributed by atoms with Crippen molar-refractivity contribution in [1.29, 1.82) is 0 Å². The Hall–Kier alpha value is -2.87. The maximum Gasteiger partial charge on any atom is 0.277 e. The van der Waals surface area contributed by atoms with Crippen LogP contribution in [0.3, 0.4) is 0 Å². The minimum absolute atomic E-state index is 0.129. The lowest BCUT2D eigenvalue weighted by Crippen LogP contribution is -2.14. The lowest BCUT2D eigenvalue weighted by molar-refractivity contribution is 0.0997. The van der Waals surface area contributed by atoms with Crippen LogP contribution in [0, 0.1) is 0 Å². The Morgan fingerprint density at radius 2 is 2.14 bits per heavy atom. The average Bonchev–Trinajstić information content (AvgIpc) is 2.96. The lowest BCUT2D eigenvalue weighted by Gasteiger charge is -2.10. The number of carbonyl (C=O) groups is 2. The molecule has 0 aliphatic heterocycles. The fraction of sp³-hybridized carbons (Fsp3) is 0.214. The topological polar surface area (TPSA) is 133 Å². The molecule has 5 N–H and O–H groups in total. The molecule has 0 atom stereocenters. The first kappa shape index (κ1) is 15.5. The molecule has 2 rings (SSSR count). The third-order valence-corrected chi connectivity index (χ3v) is 2.92. The van der Waals surface area contributed by atoms with Gasteiger partial charge in [-0.2, -0.15) is 0 Å². The van der Waals surface area contributed by atoms with E-state index in [-0.39, 0.29) is 11.3 Å². The predicted molar refractivity (Wildman–Crippen MR) is 78.7 cm³/mol. The molecule has 0 spiro atoms. The van der Waals surface area contributed by atoms with Gasteiger partial charge in [0.15, 0.2) is 5.69 Å². The fourth-order valence-electron chi connectivity index (χ4n) is 1.81. The number of nitrogens with zero attached hydrogens (tertiary/aromatic N) is 1. The van der Waals surface area contributed by atoms with Gasteiger partial charge in [0, 0.05) is 18.1 Å². The van der Waals surface area contributed by atoms with Crippen molar-refractivity contribution in [2.24, 2.45) is 11.5 Å². The number of aromatic nitrogens is 1. The summed E-state index contributed by atoms with van der Waals surface area (Å²) in [7, 11) is 1.42. The maximum absolute atomic E-state index is 12.1. The minimum atomic E-state index is -0.584. The van der Waals surface area contributed by atoms with Crippen molar-refractivity contribution in [3.05, 3.63) is 41.3 Å². The predicted octanol–water partition coefficient (Wildman–Crippen LogP) is 0.536. The number of methoxy groups -OCH3 is 1. The number of nitrogens with one attached hydrogen (secondary N) is 1. The van der Waals surface area contributed by atoms with E-state index >= 15 is 0 Å². The highest BCUT2D eigenvalue weighted by atomic mass is 16.5. The van der Waals surface area contributed by atoms with Crippen molar-refractivity contribution in [1.82, 2.24) is 5.16 Å². The smallest absolute Gasteiger partial charge is 0.277 e. The van der Waals surface area contributed by atoms with Gasteiger partial charge in [0.05, 0.1) is 12.8 Å². The number of primary amides is 1. The molecular formula is C14H16N4O4. The van der Waals surface area contributed by atoms with Crippen LogP contribution in [0.4, 0.5) is 5.69 Å². The number of hydrogen-bond donors (Lipinski definition) is 3. The van der Waals surface area contributed by atoms with E-state index in [0.29, 0.717) is 30.2 Å². The van der Waals surface area contributed by atoms with Gasteiger partial charge in [-0.3, -0.25) is 9.59 Å². The number of benzene rings is 1. The largest absolute Gasteiger partial charge is 0.495 e. The van der Waals surface area contributed by atoms with Gasteiger partial charge in [0.1, 0.15) is 11.5 Å². The van der Waals surface area contributed by atoms with E-state index in [1.54, 1.807) is 0 Å². The van der Waals surface area contributed by atoms with Gasteiger partial charge in [-0.05, 0) is 24.7 Å². The summed E-state index contributed by atoms with van der Waals surface area (Å²) in [6.45, 7) is 0.401. The lowest BCUT2D eigenvalue weighted by atomic mass is 10.1. The molecule has 0 aliphatic carbocycles. The number of anilines is 1. The average molecular weight is 304 g/mol. The van der Waals surface area contributed by atoms with E-state index in [0.717, 1.165) is 0 Å². The Kier molecular flexibility index (Phi) is 4.74. The van der Waals surface area contributed by atoms with E-state index in [9.17, 15) is 9.59 Å². The van der Waals surface area contributed by atoms with Crippen LogP contribution >= 0.6 is 0 Å². The second-order valence-corrected chi connectivity index (χ2v) is 4.45. The van der Waals surface area contributed by atoms with Crippen LogP contribution < -0.4 is 21.5 Å². The van der Waals surface area contributed by atoms with Gasteiger partial charge in [0.25, 0.3) is 5.91 Å². The molecule has 22 heavy (non-hydrogen) atoms. The monoisotopic (exact) mass is 304 g/mol. The first-order chi connectivity index (χ1) is 10.5. The van der Waals surface area contributed by atoms with Crippen LogP contribution in [-0.2, 0) is 6.42 Å². The van der Waals surface area contributed by atoms with Crippen LogP contribution in [-0.4, -0.2) is 30.6 Å². The molecule has 2 aromatic rings. The molecule has 0 bridgehead atoms. The van der Waals surface area contributed by atoms with Gasteiger partial charge in [0.2, 0.25) is 5.91 Å². The summed E-state index contributed by atoms with van der Waals surface area (Å²) in [6.07, 6.45) is 0.497. The molecule has 0 aliphatic rings. The third kappa shape index (κ3) is 3.41. The van der Waals surface area contributed by atoms with E-state index in [1.807, 2.05) is 0 Å². The molecule has 0 fully saturated rings. The number of rotatable bonds is 6. The molecule has 1 aromatic heterocycles. The van der Waals surface area contributed by atoms with Gasteiger partial charge in [-0.1, -0.05) is 5.16 Å². The molecule has 0 radical (unpaired) electrons. The third-order valence-electron chi connectivity index (χ3n) is 2.92. The Bertz CT molecular complexity index is 696. The summed E-state index contributed by atoms with van der Waals surface area (Å²) >= 11 is 0. The Morgan fingerprint density at radius 3 is 2.77 bits per heavy atom. The van der Waals surface area contributed by atoms with Crippen molar-refractivity contribution in [3.8, 4) is 5.75 Å². The molecule has 8 heteroatoms. The molecule has 0 unspecified atom stereocenters. The second-order valence-electron chi connectivity index (χ2n) is 4.45. The normalized spacial score (nSPS) is 10.3. The Morgan fingerprint density at radius 1 is 1.36 bits per heavy atom. The quantitative estimate of drug-likeness (QED) is 0.713. The van der Waals surface area contributed by atoms with E-state index < -0.39 is 11.8 Å². The number of nitrogens with two attached hydrogens (primary N) is 2. The van der Waals surface area contributed by atoms with Crippen LogP contribution in [0.2, 0.25) is 0 Å². The Balaban J connectivity index is 2.18. The summed E-state index contributed by atoms with van der Waals surface area (Å²) in [5.41, 5.74) is 11.4.